The molecule has 0 bridgehead atoms. The Morgan fingerprint density at radius 3 is 2.69 bits per heavy atom. The fraction of sp³-hybridized carbons (Fsp3) is 0.300. The Balaban J connectivity index is 1.93. The Kier molecular flexibility index (Phi) is 6.35. The predicted octanol–water partition coefficient (Wildman–Crippen LogP) is 5.41. The lowest BCUT2D eigenvalue weighted by atomic mass is 10.1. The molecule has 136 valence electrons. The smallest absolute Gasteiger partial charge is 0.192 e. The second-order valence-electron chi connectivity index (χ2n) is 6.10. The van der Waals surface area contributed by atoms with Crippen molar-refractivity contribution in [2.45, 2.75) is 30.8 Å². The highest BCUT2D eigenvalue weighted by atomic mass is 35.5. The van der Waals surface area contributed by atoms with Gasteiger partial charge in [-0.15, -0.1) is 10.2 Å². The van der Waals surface area contributed by atoms with Crippen molar-refractivity contribution in [1.29, 1.82) is 0 Å². The molecule has 2 aromatic carbocycles. The van der Waals surface area contributed by atoms with Crippen molar-refractivity contribution in [3.05, 3.63) is 64.7 Å². The molecule has 3 aromatic rings. The van der Waals surface area contributed by atoms with Crippen LogP contribution in [0, 0.1) is 6.92 Å². The van der Waals surface area contributed by atoms with Crippen LogP contribution in [0.15, 0.2) is 53.7 Å². The van der Waals surface area contributed by atoms with Gasteiger partial charge in [-0.05, 0) is 31.5 Å². The maximum absolute atomic E-state index is 6.35. The van der Waals surface area contributed by atoms with Crippen molar-refractivity contribution in [3.63, 3.8) is 0 Å². The standard InChI is InChI=1S/C20H22ClN3OS/c1-14-7-6-8-16(13-14)19-22-23-20(24(19)11-12-25-3)26-15(2)17-9-4-5-10-18(17)21/h4-10,13,15H,11-12H2,1-3H3. The van der Waals surface area contributed by atoms with Gasteiger partial charge in [0.25, 0.3) is 0 Å². The molecule has 3 rings (SSSR count). The number of halogens is 1. The Bertz CT molecular complexity index is 881. The lowest BCUT2D eigenvalue weighted by molar-refractivity contribution is 0.185. The van der Waals surface area contributed by atoms with Gasteiger partial charge in [-0.3, -0.25) is 4.57 Å². The van der Waals surface area contributed by atoms with Crippen molar-refractivity contribution in [2.24, 2.45) is 0 Å². The fourth-order valence-corrected chi connectivity index (χ4v) is 4.19. The van der Waals surface area contributed by atoms with E-state index in [-0.39, 0.29) is 5.25 Å². The number of hydrogen-bond acceptors (Lipinski definition) is 4. The second-order valence-corrected chi connectivity index (χ2v) is 7.82. The molecule has 1 aromatic heterocycles. The third-order valence-corrected chi connectivity index (χ3v) is 5.60. The largest absolute Gasteiger partial charge is 0.383 e. The Morgan fingerprint density at radius 1 is 1.15 bits per heavy atom. The van der Waals surface area contributed by atoms with Gasteiger partial charge in [0, 0.05) is 22.9 Å². The summed E-state index contributed by atoms with van der Waals surface area (Å²) in [4.78, 5) is 0. The second kappa shape index (κ2) is 8.71. The van der Waals surface area contributed by atoms with Crippen molar-refractivity contribution in [1.82, 2.24) is 14.8 Å². The molecule has 0 saturated heterocycles. The molecule has 6 heteroatoms. The van der Waals surface area contributed by atoms with Crippen LogP contribution in [0.4, 0.5) is 0 Å². The van der Waals surface area contributed by atoms with Gasteiger partial charge in [-0.25, -0.2) is 0 Å². The number of benzene rings is 2. The van der Waals surface area contributed by atoms with E-state index in [1.54, 1.807) is 18.9 Å². The maximum atomic E-state index is 6.35. The van der Waals surface area contributed by atoms with Gasteiger partial charge in [0.1, 0.15) is 0 Å². The van der Waals surface area contributed by atoms with Gasteiger partial charge in [0.2, 0.25) is 0 Å². The summed E-state index contributed by atoms with van der Waals surface area (Å²) in [6.07, 6.45) is 0. The van der Waals surface area contributed by atoms with Gasteiger partial charge in [0.15, 0.2) is 11.0 Å². The van der Waals surface area contributed by atoms with E-state index in [2.05, 4.69) is 52.9 Å². The summed E-state index contributed by atoms with van der Waals surface area (Å²) in [7, 11) is 1.70. The number of aryl methyl sites for hydroxylation is 1. The zero-order valence-electron chi connectivity index (χ0n) is 15.1. The number of ether oxygens (including phenoxy) is 1. The molecule has 0 aliphatic rings. The molecule has 1 atom stereocenters. The Morgan fingerprint density at radius 2 is 1.96 bits per heavy atom. The molecule has 0 aliphatic carbocycles. The summed E-state index contributed by atoms with van der Waals surface area (Å²) in [5.74, 6) is 0.861. The third kappa shape index (κ3) is 4.29. The fourth-order valence-electron chi connectivity index (χ4n) is 2.78. The highest BCUT2D eigenvalue weighted by molar-refractivity contribution is 7.99. The van der Waals surface area contributed by atoms with Crippen molar-refractivity contribution in [3.8, 4) is 11.4 Å². The van der Waals surface area contributed by atoms with Crippen molar-refractivity contribution < 1.29 is 4.74 Å². The summed E-state index contributed by atoms with van der Waals surface area (Å²) in [5, 5.41) is 10.7. The summed E-state index contributed by atoms with van der Waals surface area (Å²) in [6, 6.07) is 16.2. The average Bonchev–Trinajstić information content (AvgIpc) is 3.02. The highest BCUT2D eigenvalue weighted by Crippen LogP contribution is 2.38. The van der Waals surface area contributed by atoms with Gasteiger partial charge < -0.3 is 4.74 Å². The Labute approximate surface area is 163 Å². The first-order chi connectivity index (χ1) is 12.6. The number of aromatic nitrogens is 3. The molecule has 26 heavy (non-hydrogen) atoms. The molecule has 0 aliphatic heterocycles. The third-order valence-electron chi connectivity index (χ3n) is 4.14. The summed E-state index contributed by atoms with van der Waals surface area (Å²) in [5.41, 5.74) is 3.35. The highest BCUT2D eigenvalue weighted by Gasteiger charge is 2.19. The first-order valence-electron chi connectivity index (χ1n) is 8.50. The normalized spacial score (nSPS) is 12.3. The molecule has 1 unspecified atom stereocenters. The zero-order valence-corrected chi connectivity index (χ0v) is 16.7. The summed E-state index contributed by atoms with van der Waals surface area (Å²) < 4.78 is 7.41. The van der Waals surface area contributed by atoms with E-state index in [0.29, 0.717) is 13.2 Å². The minimum Gasteiger partial charge on any atom is -0.383 e. The number of nitrogens with zero attached hydrogens (tertiary/aromatic N) is 3. The summed E-state index contributed by atoms with van der Waals surface area (Å²) >= 11 is 8.01. The van der Waals surface area contributed by atoms with E-state index >= 15 is 0 Å². The number of methoxy groups -OCH3 is 1. The quantitative estimate of drug-likeness (QED) is 0.508. The van der Waals surface area contributed by atoms with Crippen LogP contribution in [0.3, 0.4) is 0 Å². The van der Waals surface area contributed by atoms with Crippen LogP contribution < -0.4 is 0 Å². The zero-order chi connectivity index (χ0) is 18.5. The number of rotatable bonds is 7. The molecule has 4 nitrogen and oxygen atoms in total. The summed E-state index contributed by atoms with van der Waals surface area (Å²) in [6.45, 7) is 5.51. The molecule has 0 amide bonds. The van der Waals surface area contributed by atoms with Gasteiger partial charge in [-0.2, -0.15) is 0 Å². The Hall–Kier alpha value is -1.82. The van der Waals surface area contributed by atoms with E-state index < -0.39 is 0 Å². The molecule has 1 heterocycles. The van der Waals surface area contributed by atoms with E-state index in [1.807, 2.05) is 24.3 Å². The van der Waals surface area contributed by atoms with Gasteiger partial charge in [-0.1, -0.05) is 65.3 Å². The molecular formula is C20H22ClN3OS. The minimum atomic E-state index is 0.166. The lowest BCUT2D eigenvalue weighted by Gasteiger charge is -2.14. The van der Waals surface area contributed by atoms with E-state index in [1.165, 1.54) is 5.56 Å². The monoisotopic (exact) mass is 387 g/mol. The molecular weight excluding hydrogens is 366 g/mol. The van der Waals surface area contributed by atoms with Crippen LogP contribution in [0.2, 0.25) is 5.02 Å². The van der Waals surface area contributed by atoms with E-state index in [0.717, 1.165) is 27.1 Å². The van der Waals surface area contributed by atoms with Crippen LogP contribution in [0.5, 0.6) is 0 Å². The van der Waals surface area contributed by atoms with Gasteiger partial charge >= 0.3 is 0 Å². The lowest BCUT2D eigenvalue weighted by Crippen LogP contribution is -2.08. The van der Waals surface area contributed by atoms with Crippen LogP contribution in [-0.2, 0) is 11.3 Å². The molecule has 0 saturated carbocycles. The molecule has 0 spiro atoms. The van der Waals surface area contributed by atoms with Crippen LogP contribution in [0.1, 0.15) is 23.3 Å². The van der Waals surface area contributed by atoms with Crippen LogP contribution in [-0.4, -0.2) is 28.5 Å². The van der Waals surface area contributed by atoms with E-state index in [4.69, 9.17) is 16.3 Å². The number of hydrogen-bond donors (Lipinski definition) is 0. The average molecular weight is 388 g/mol. The van der Waals surface area contributed by atoms with Crippen molar-refractivity contribution >= 4 is 23.4 Å². The maximum Gasteiger partial charge on any atom is 0.192 e. The van der Waals surface area contributed by atoms with Gasteiger partial charge in [0.05, 0.1) is 13.2 Å². The topological polar surface area (TPSA) is 39.9 Å². The minimum absolute atomic E-state index is 0.166. The van der Waals surface area contributed by atoms with Crippen molar-refractivity contribution in [2.75, 3.05) is 13.7 Å². The first kappa shape index (κ1) is 19.0. The first-order valence-corrected chi connectivity index (χ1v) is 9.76. The predicted molar refractivity (Wildman–Crippen MR) is 108 cm³/mol. The molecule has 0 N–H and O–H groups in total. The SMILES string of the molecule is COCCn1c(SC(C)c2ccccc2Cl)nnc1-c1cccc(C)c1. The van der Waals surface area contributed by atoms with E-state index in [9.17, 15) is 0 Å². The number of thioether (sulfide) groups is 1. The van der Waals surface area contributed by atoms with Crippen LogP contribution >= 0.6 is 23.4 Å². The molecule has 0 radical (unpaired) electrons. The molecule has 0 fully saturated rings. The van der Waals surface area contributed by atoms with Crippen LogP contribution in [0.25, 0.3) is 11.4 Å².